The van der Waals surface area contributed by atoms with E-state index in [0.717, 1.165) is 25.3 Å². The Morgan fingerprint density at radius 2 is 1.84 bits per heavy atom. The molecule has 1 aromatic carbocycles. The van der Waals surface area contributed by atoms with Crippen molar-refractivity contribution >= 4 is 11.6 Å². The lowest BCUT2D eigenvalue weighted by atomic mass is 9.92. The molecule has 5 nitrogen and oxygen atoms in total. The van der Waals surface area contributed by atoms with E-state index in [1.807, 2.05) is 24.4 Å². The van der Waals surface area contributed by atoms with Crippen molar-refractivity contribution in [2.75, 3.05) is 18.4 Å². The molecular weight excluding hydrogens is 312 g/mol. The molecule has 2 rings (SSSR count). The minimum absolute atomic E-state index is 0.0400. The third-order valence-corrected chi connectivity index (χ3v) is 4.01. The number of carbonyl (C=O) groups is 1. The second kappa shape index (κ2) is 8.74. The minimum atomic E-state index is -0.0596. The quantitative estimate of drug-likeness (QED) is 0.775. The van der Waals surface area contributed by atoms with Gasteiger partial charge in [0.2, 0.25) is 5.91 Å². The summed E-state index contributed by atoms with van der Waals surface area (Å²) in [6.07, 6.45) is 3.70. The van der Waals surface area contributed by atoms with Gasteiger partial charge in [0.1, 0.15) is 0 Å². The highest BCUT2D eigenvalue weighted by atomic mass is 16.1. The molecule has 0 spiro atoms. The number of nitrogens with zero attached hydrogens (tertiary/aromatic N) is 2. The number of benzene rings is 1. The van der Waals surface area contributed by atoms with Gasteiger partial charge < -0.3 is 11.1 Å². The number of carbonyl (C=O) groups excluding carboxylic acids is 1. The number of nitrogens with one attached hydrogen (secondary N) is 1. The van der Waals surface area contributed by atoms with Gasteiger partial charge in [0.25, 0.3) is 0 Å². The van der Waals surface area contributed by atoms with Crippen molar-refractivity contribution in [2.45, 2.75) is 33.9 Å². The predicted molar refractivity (Wildman–Crippen MR) is 102 cm³/mol. The SMILES string of the molecule is CC(=O)Nc1ccc(CN(Cc2cccnc2)CC(C)(C)CN)cc1. The summed E-state index contributed by atoms with van der Waals surface area (Å²) in [6, 6.07) is 12.0. The van der Waals surface area contributed by atoms with Crippen LogP contribution in [-0.4, -0.2) is 28.9 Å². The van der Waals surface area contributed by atoms with Gasteiger partial charge in [0.05, 0.1) is 0 Å². The Labute approximate surface area is 150 Å². The highest BCUT2D eigenvalue weighted by molar-refractivity contribution is 5.88. The van der Waals surface area contributed by atoms with E-state index >= 15 is 0 Å². The fourth-order valence-electron chi connectivity index (χ4n) is 2.74. The Balaban J connectivity index is 2.10. The Morgan fingerprint density at radius 1 is 1.16 bits per heavy atom. The van der Waals surface area contributed by atoms with E-state index in [4.69, 9.17) is 5.73 Å². The Hall–Kier alpha value is -2.24. The Bertz CT molecular complexity index is 668. The lowest BCUT2D eigenvalue weighted by Gasteiger charge is -2.32. The van der Waals surface area contributed by atoms with Crippen LogP contribution in [-0.2, 0) is 17.9 Å². The third kappa shape index (κ3) is 6.64. The molecule has 2 aromatic rings. The van der Waals surface area contributed by atoms with Gasteiger partial charge in [0.15, 0.2) is 0 Å². The molecule has 134 valence electrons. The van der Waals surface area contributed by atoms with Crippen molar-refractivity contribution in [3.05, 3.63) is 59.9 Å². The van der Waals surface area contributed by atoms with Crippen molar-refractivity contribution < 1.29 is 4.79 Å². The predicted octanol–water partition coefficient (Wildman–Crippen LogP) is 3.03. The van der Waals surface area contributed by atoms with Crippen molar-refractivity contribution in [3.63, 3.8) is 0 Å². The van der Waals surface area contributed by atoms with E-state index in [0.29, 0.717) is 6.54 Å². The van der Waals surface area contributed by atoms with Gasteiger partial charge in [0, 0.05) is 44.6 Å². The molecule has 0 atom stereocenters. The molecule has 1 aromatic heterocycles. The summed E-state index contributed by atoms with van der Waals surface area (Å²) in [6.45, 7) is 9.05. The van der Waals surface area contributed by atoms with Crippen LogP contribution in [0.15, 0.2) is 48.8 Å². The van der Waals surface area contributed by atoms with Crippen LogP contribution < -0.4 is 11.1 Å². The molecule has 3 N–H and O–H groups in total. The molecule has 1 amide bonds. The van der Waals surface area contributed by atoms with Crippen LogP contribution >= 0.6 is 0 Å². The number of pyridine rings is 1. The van der Waals surface area contributed by atoms with Gasteiger partial charge in [-0.2, -0.15) is 0 Å². The van der Waals surface area contributed by atoms with E-state index in [1.54, 1.807) is 6.20 Å². The molecule has 0 aliphatic carbocycles. The molecule has 1 heterocycles. The molecule has 0 radical (unpaired) electrons. The number of nitrogens with two attached hydrogens (primary N) is 1. The van der Waals surface area contributed by atoms with Crippen LogP contribution in [0.3, 0.4) is 0 Å². The van der Waals surface area contributed by atoms with Crippen LogP contribution in [0.2, 0.25) is 0 Å². The molecule has 0 bridgehead atoms. The fourth-order valence-corrected chi connectivity index (χ4v) is 2.74. The minimum Gasteiger partial charge on any atom is -0.330 e. The largest absolute Gasteiger partial charge is 0.330 e. The first kappa shape index (κ1) is 19.1. The maximum absolute atomic E-state index is 11.1. The number of aromatic nitrogens is 1. The summed E-state index contributed by atoms with van der Waals surface area (Å²) < 4.78 is 0. The molecule has 25 heavy (non-hydrogen) atoms. The van der Waals surface area contributed by atoms with Gasteiger partial charge in [-0.15, -0.1) is 0 Å². The van der Waals surface area contributed by atoms with Crippen molar-refractivity contribution in [3.8, 4) is 0 Å². The molecule has 0 unspecified atom stereocenters. The molecule has 5 heteroatoms. The first-order valence-electron chi connectivity index (χ1n) is 8.56. The fraction of sp³-hybridized carbons (Fsp3) is 0.400. The lowest BCUT2D eigenvalue weighted by Crippen LogP contribution is -2.38. The lowest BCUT2D eigenvalue weighted by molar-refractivity contribution is -0.114. The number of anilines is 1. The molecular formula is C20H28N4O. The first-order chi connectivity index (χ1) is 11.9. The van der Waals surface area contributed by atoms with Gasteiger partial charge >= 0.3 is 0 Å². The average Bonchev–Trinajstić information content (AvgIpc) is 2.57. The summed E-state index contributed by atoms with van der Waals surface area (Å²) in [7, 11) is 0. The molecule has 0 aliphatic heterocycles. The van der Waals surface area contributed by atoms with Crippen molar-refractivity contribution in [2.24, 2.45) is 11.1 Å². The monoisotopic (exact) mass is 340 g/mol. The van der Waals surface area contributed by atoms with Crippen LogP contribution in [0.25, 0.3) is 0 Å². The smallest absolute Gasteiger partial charge is 0.221 e. The summed E-state index contributed by atoms with van der Waals surface area (Å²) >= 11 is 0. The maximum Gasteiger partial charge on any atom is 0.221 e. The third-order valence-electron chi connectivity index (χ3n) is 4.01. The number of hydrogen-bond donors (Lipinski definition) is 2. The molecule has 0 fully saturated rings. The standard InChI is InChI=1S/C20H28N4O/c1-16(25)23-19-8-6-17(7-9-19)12-24(15-20(2,3)14-21)13-18-5-4-10-22-11-18/h4-11H,12-15,21H2,1-3H3,(H,23,25). The van der Waals surface area contributed by atoms with Gasteiger partial charge in [-0.3, -0.25) is 14.7 Å². The molecule has 0 aliphatic rings. The summed E-state index contributed by atoms with van der Waals surface area (Å²) in [5.74, 6) is -0.0596. The highest BCUT2D eigenvalue weighted by Crippen LogP contribution is 2.20. The van der Waals surface area contributed by atoms with E-state index in [2.05, 4.69) is 47.2 Å². The van der Waals surface area contributed by atoms with Crippen LogP contribution in [0, 0.1) is 5.41 Å². The Kier molecular flexibility index (Phi) is 6.67. The van der Waals surface area contributed by atoms with Gasteiger partial charge in [-0.25, -0.2) is 0 Å². The van der Waals surface area contributed by atoms with Crippen LogP contribution in [0.4, 0.5) is 5.69 Å². The van der Waals surface area contributed by atoms with Crippen molar-refractivity contribution in [1.29, 1.82) is 0 Å². The summed E-state index contributed by atoms with van der Waals surface area (Å²) in [5, 5.41) is 2.80. The zero-order chi connectivity index (χ0) is 18.3. The van der Waals surface area contributed by atoms with Gasteiger partial charge in [-0.1, -0.05) is 32.0 Å². The van der Waals surface area contributed by atoms with E-state index in [9.17, 15) is 4.79 Å². The summed E-state index contributed by atoms with van der Waals surface area (Å²) in [4.78, 5) is 17.7. The zero-order valence-electron chi connectivity index (χ0n) is 15.3. The number of amides is 1. The molecule has 0 saturated carbocycles. The second-order valence-corrected chi connectivity index (χ2v) is 7.25. The van der Waals surface area contributed by atoms with Crippen molar-refractivity contribution in [1.82, 2.24) is 9.88 Å². The van der Waals surface area contributed by atoms with Crippen LogP contribution in [0.1, 0.15) is 31.9 Å². The van der Waals surface area contributed by atoms with Gasteiger partial charge in [-0.05, 0) is 41.3 Å². The van der Waals surface area contributed by atoms with Crippen LogP contribution in [0.5, 0.6) is 0 Å². The normalized spacial score (nSPS) is 11.6. The zero-order valence-corrected chi connectivity index (χ0v) is 15.3. The van der Waals surface area contributed by atoms with E-state index in [-0.39, 0.29) is 11.3 Å². The van der Waals surface area contributed by atoms with E-state index in [1.165, 1.54) is 18.1 Å². The first-order valence-corrected chi connectivity index (χ1v) is 8.56. The maximum atomic E-state index is 11.1. The average molecular weight is 340 g/mol. The second-order valence-electron chi connectivity index (χ2n) is 7.25. The highest BCUT2D eigenvalue weighted by Gasteiger charge is 2.20. The Morgan fingerprint density at radius 3 is 2.40 bits per heavy atom. The topological polar surface area (TPSA) is 71.2 Å². The molecule has 0 saturated heterocycles. The number of hydrogen-bond acceptors (Lipinski definition) is 4. The number of rotatable bonds is 8. The van der Waals surface area contributed by atoms with E-state index < -0.39 is 0 Å². The summed E-state index contributed by atoms with van der Waals surface area (Å²) in [5.41, 5.74) is 9.17.